The maximum atomic E-state index is 14.3. The number of rotatable bonds is 4. The van der Waals surface area contributed by atoms with E-state index in [0.29, 0.717) is 24.3 Å². The molecule has 0 radical (unpaired) electrons. The highest BCUT2D eigenvalue weighted by Gasteiger charge is 3.00. The van der Waals surface area contributed by atoms with E-state index in [4.69, 9.17) is 0 Å². The first-order chi connectivity index (χ1) is 11.5. The van der Waals surface area contributed by atoms with Gasteiger partial charge in [0.2, 0.25) is 0 Å². The third kappa shape index (κ3) is 2.21. The van der Waals surface area contributed by atoms with Gasteiger partial charge in [0.05, 0.1) is 11.0 Å². The summed E-state index contributed by atoms with van der Waals surface area (Å²) in [5.74, 6) is -26.4. The van der Waals surface area contributed by atoms with E-state index in [1.807, 2.05) is 0 Å². The maximum Gasteiger partial charge on any atom is 0.381 e. The number of hydrogen-bond acceptors (Lipinski definition) is 3. The number of aliphatic hydroxyl groups excluding tert-OH is 1. The molecule has 4 nitrogen and oxygen atoms in total. The van der Waals surface area contributed by atoms with Crippen LogP contribution in [0.1, 0.15) is 18.1 Å². The van der Waals surface area contributed by atoms with Crippen molar-refractivity contribution in [2.75, 3.05) is 0 Å². The van der Waals surface area contributed by atoms with E-state index in [1.54, 1.807) is 0 Å². The van der Waals surface area contributed by atoms with Crippen LogP contribution in [0.15, 0.2) is 24.3 Å². The Balaban J connectivity index is 2.44. The summed E-state index contributed by atoms with van der Waals surface area (Å²) in [7, 11) is 0. The van der Waals surface area contributed by atoms with Gasteiger partial charge in [-0.25, -0.2) is 4.39 Å². The molecule has 2 rings (SSSR count). The normalized spacial score (nSPS) is 25.6. The van der Waals surface area contributed by atoms with Crippen LogP contribution in [0.5, 0.6) is 0 Å². The molecular formula is C13H8F9NO3. The summed E-state index contributed by atoms with van der Waals surface area (Å²) in [4.78, 5) is 9.52. The zero-order valence-electron chi connectivity index (χ0n) is 12.2. The van der Waals surface area contributed by atoms with Crippen molar-refractivity contribution in [1.82, 2.24) is 0 Å². The molecule has 0 aromatic heterocycles. The van der Waals surface area contributed by atoms with Crippen LogP contribution in [0.3, 0.4) is 0 Å². The lowest BCUT2D eigenvalue weighted by Gasteiger charge is -2.32. The predicted octanol–water partition coefficient (Wildman–Crippen LogP) is 4.28. The number of halogens is 9. The number of alkyl halides is 9. The Morgan fingerprint density at radius 2 is 1.23 bits per heavy atom. The number of benzene rings is 1. The van der Waals surface area contributed by atoms with Crippen molar-refractivity contribution in [2.45, 2.75) is 41.9 Å². The van der Waals surface area contributed by atoms with E-state index >= 15 is 0 Å². The zero-order valence-corrected chi connectivity index (χ0v) is 12.2. The van der Waals surface area contributed by atoms with Gasteiger partial charge >= 0.3 is 23.7 Å². The average molecular weight is 397 g/mol. The predicted molar refractivity (Wildman–Crippen MR) is 66.3 cm³/mol. The minimum atomic E-state index is -6.71. The van der Waals surface area contributed by atoms with Crippen LogP contribution in [0.25, 0.3) is 0 Å². The number of nitro benzene ring substituents is 1. The molecule has 1 saturated carbocycles. The van der Waals surface area contributed by atoms with Gasteiger partial charge in [0.25, 0.3) is 11.4 Å². The lowest BCUT2D eigenvalue weighted by Crippen LogP contribution is -2.55. The molecule has 0 spiro atoms. The summed E-state index contributed by atoms with van der Waals surface area (Å²) in [6.45, 7) is 0. The van der Waals surface area contributed by atoms with E-state index < -0.39 is 58.1 Å². The van der Waals surface area contributed by atoms with Crippen LogP contribution in [0.2, 0.25) is 0 Å². The molecule has 0 bridgehead atoms. The van der Waals surface area contributed by atoms with E-state index in [1.165, 1.54) is 0 Å². The van der Waals surface area contributed by atoms with Gasteiger partial charge in [-0.05, 0) is 17.7 Å². The zero-order chi connectivity index (χ0) is 20.3. The van der Waals surface area contributed by atoms with Crippen LogP contribution in [-0.4, -0.2) is 39.4 Å². The molecule has 1 aliphatic rings. The monoisotopic (exact) mass is 397 g/mol. The molecule has 26 heavy (non-hydrogen) atoms. The van der Waals surface area contributed by atoms with Gasteiger partial charge in [-0.2, -0.15) is 35.1 Å². The standard InChI is InChI=1S/C13H8F9NO3/c14-9(5-8(24)6-1-3-7(4-2-6)23(25)26)10(15,16)12(19,20)13(21,22)11(9,17)18/h1-4,8,24H,5H2. The minimum absolute atomic E-state index is 0.578. The lowest BCUT2D eigenvalue weighted by atomic mass is 9.88. The van der Waals surface area contributed by atoms with Gasteiger partial charge in [-0.15, -0.1) is 0 Å². The molecule has 0 amide bonds. The van der Waals surface area contributed by atoms with Crippen molar-refractivity contribution in [3.05, 3.63) is 39.9 Å². The quantitative estimate of drug-likeness (QED) is 0.469. The molecule has 1 aliphatic carbocycles. The average Bonchev–Trinajstić information content (AvgIpc) is 2.57. The topological polar surface area (TPSA) is 63.4 Å². The summed E-state index contributed by atoms with van der Waals surface area (Å²) in [6, 6.07) is 2.65. The van der Waals surface area contributed by atoms with Gasteiger partial charge < -0.3 is 5.11 Å². The minimum Gasteiger partial charge on any atom is -0.388 e. The number of aliphatic hydroxyl groups is 1. The van der Waals surface area contributed by atoms with E-state index in [9.17, 15) is 54.7 Å². The lowest BCUT2D eigenvalue weighted by molar-refractivity contribution is -0.384. The van der Waals surface area contributed by atoms with Crippen LogP contribution in [0.4, 0.5) is 45.2 Å². The SMILES string of the molecule is O=[N+]([O-])c1ccc(C(O)CC2(F)C(F)(F)C(F)(F)C(F)(F)C2(F)F)cc1. The van der Waals surface area contributed by atoms with E-state index in [-0.39, 0.29) is 0 Å². The van der Waals surface area contributed by atoms with Crippen molar-refractivity contribution in [1.29, 1.82) is 0 Å². The van der Waals surface area contributed by atoms with E-state index in [2.05, 4.69) is 0 Å². The fraction of sp³-hybridized carbons (Fsp3) is 0.538. The van der Waals surface area contributed by atoms with Crippen LogP contribution in [-0.2, 0) is 0 Å². The molecular weight excluding hydrogens is 389 g/mol. The highest BCUT2D eigenvalue weighted by molar-refractivity contribution is 5.35. The third-order valence-electron chi connectivity index (χ3n) is 4.14. The first-order valence-corrected chi connectivity index (χ1v) is 6.67. The number of nitrogens with zero attached hydrogens (tertiary/aromatic N) is 1. The van der Waals surface area contributed by atoms with E-state index in [0.717, 1.165) is 0 Å². The van der Waals surface area contributed by atoms with Crippen LogP contribution in [0, 0.1) is 10.1 Å². The summed E-state index contributed by atoms with van der Waals surface area (Å²) in [5.41, 5.74) is -7.02. The number of hydrogen-bond donors (Lipinski definition) is 1. The molecule has 1 unspecified atom stereocenters. The summed E-state index contributed by atoms with van der Waals surface area (Å²) >= 11 is 0. The highest BCUT2D eigenvalue weighted by Crippen LogP contribution is 2.70. The molecule has 1 fully saturated rings. The smallest absolute Gasteiger partial charge is 0.381 e. The number of nitro groups is 1. The third-order valence-corrected chi connectivity index (χ3v) is 4.14. The molecule has 1 N–H and O–H groups in total. The Labute approximate surface area is 138 Å². The van der Waals surface area contributed by atoms with Crippen molar-refractivity contribution in [3.8, 4) is 0 Å². The molecule has 0 heterocycles. The Hall–Kier alpha value is -2.05. The molecule has 13 heteroatoms. The van der Waals surface area contributed by atoms with Crippen LogP contribution >= 0.6 is 0 Å². The fourth-order valence-corrected chi connectivity index (χ4v) is 2.55. The number of non-ortho nitro benzene ring substituents is 1. The Morgan fingerprint density at radius 3 is 1.58 bits per heavy atom. The Morgan fingerprint density at radius 1 is 0.846 bits per heavy atom. The second kappa shape index (κ2) is 5.47. The Kier molecular flexibility index (Phi) is 4.27. The van der Waals surface area contributed by atoms with Crippen molar-refractivity contribution < 1.29 is 49.5 Å². The van der Waals surface area contributed by atoms with Gasteiger partial charge in [0.1, 0.15) is 0 Å². The Bertz CT molecular complexity index is 694. The maximum absolute atomic E-state index is 14.3. The molecule has 0 aliphatic heterocycles. The van der Waals surface area contributed by atoms with Crippen molar-refractivity contribution in [2.24, 2.45) is 0 Å². The molecule has 146 valence electrons. The first kappa shape index (κ1) is 20.3. The van der Waals surface area contributed by atoms with Crippen molar-refractivity contribution in [3.63, 3.8) is 0 Å². The molecule has 1 atom stereocenters. The highest BCUT2D eigenvalue weighted by atomic mass is 19.4. The summed E-state index contributed by atoms with van der Waals surface area (Å²) in [6.07, 6.45) is -5.15. The first-order valence-electron chi connectivity index (χ1n) is 6.67. The molecule has 1 aromatic rings. The summed E-state index contributed by atoms with van der Waals surface area (Å²) in [5, 5.41) is 20.1. The van der Waals surface area contributed by atoms with Gasteiger partial charge in [-0.1, -0.05) is 0 Å². The molecule has 1 aromatic carbocycles. The summed E-state index contributed by atoms with van der Waals surface area (Å²) < 4.78 is 121. The van der Waals surface area contributed by atoms with Crippen LogP contribution < -0.4 is 0 Å². The molecule has 0 saturated heterocycles. The van der Waals surface area contributed by atoms with Gasteiger partial charge in [0.15, 0.2) is 0 Å². The second-order valence-electron chi connectivity index (χ2n) is 5.67. The largest absolute Gasteiger partial charge is 0.388 e. The van der Waals surface area contributed by atoms with Crippen molar-refractivity contribution >= 4 is 5.69 Å². The van der Waals surface area contributed by atoms with Gasteiger partial charge in [-0.3, -0.25) is 10.1 Å². The second-order valence-corrected chi connectivity index (χ2v) is 5.67. The van der Waals surface area contributed by atoms with Gasteiger partial charge in [0, 0.05) is 18.6 Å². The fourth-order valence-electron chi connectivity index (χ4n) is 2.55.